The summed E-state index contributed by atoms with van der Waals surface area (Å²) in [5, 5.41) is 2.76. The van der Waals surface area contributed by atoms with Crippen LogP contribution in [0.25, 0.3) is 0 Å². The zero-order chi connectivity index (χ0) is 21.7. The predicted octanol–water partition coefficient (Wildman–Crippen LogP) is 3.43. The quantitative estimate of drug-likeness (QED) is 0.592. The van der Waals surface area contributed by atoms with E-state index >= 15 is 0 Å². The molecule has 0 fully saturated rings. The summed E-state index contributed by atoms with van der Waals surface area (Å²) in [5.74, 6) is -0.959. The lowest BCUT2D eigenvalue weighted by atomic mass is 10.1. The van der Waals surface area contributed by atoms with Crippen molar-refractivity contribution in [2.24, 2.45) is 0 Å². The summed E-state index contributed by atoms with van der Waals surface area (Å²) in [6, 6.07) is 16.9. The number of nitrogens with one attached hydrogen (secondary N) is 1. The standard InChI is InChI=1S/C22H23FN2O4S/c1-25(2)20(16-7-6-8-17(23)13-16)14-24-22(26)21-12-11-18(29-21)15-30(27,28)19-9-4-3-5-10-19/h3-13,20H,14-15H2,1-2H3,(H,24,26)/t20-/m0/s1. The van der Waals surface area contributed by atoms with E-state index in [4.69, 9.17) is 4.42 Å². The molecule has 0 radical (unpaired) electrons. The summed E-state index contributed by atoms with van der Waals surface area (Å²) in [4.78, 5) is 14.5. The lowest BCUT2D eigenvalue weighted by Crippen LogP contribution is -2.34. The van der Waals surface area contributed by atoms with Gasteiger partial charge in [-0.1, -0.05) is 30.3 Å². The molecule has 0 bridgehead atoms. The zero-order valence-electron chi connectivity index (χ0n) is 16.7. The van der Waals surface area contributed by atoms with Crippen LogP contribution >= 0.6 is 0 Å². The van der Waals surface area contributed by atoms with Crippen LogP contribution in [0.15, 0.2) is 76.0 Å². The third kappa shape index (κ3) is 5.34. The minimum Gasteiger partial charge on any atom is -0.455 e. The molecule has 3 aromatic rings. The van der Waals surface area contributed by atoms with E-state index in [9.17, 15) is 17.6 Å². The van der Waals surface area contributed by atoms with Gasteiger partial charge in [0.25, 0.3) is 5.91 Å². The first-order chi connectivity index (χ1) is 14.3. The first kappa shape index (κ1) is 21.7. The fraction of sp³-hybridized carbons (Fsp3) is 0.227. The van der Waals surface area contributed by atoms with Gasteiger partial charge in [0.15, 0.2) is 15.6 Å². The summed E-state index contributed by atoms with van der Waals surface area (Å²) >= 11 is 0. The van der Waals surface area contributed by atoms with Gasteiger partial charge in [0.2, 0.25) is 0 Å². The topological polar surface area (TPSA) is 79.6 Å². The third-order valence-electron chi connectivity index (χ3n) is 4.63. The average Bonchev–Trinajstić information content (AvgIpc) is 3.16. The number of nitrogens with zero attached hydrogens (tertiary/aromatic N) is 1. The molecule has 0 saturated heterocycles. The number of benzene rings is 2. The summed E-state index contributed by atoms with van der Waals surface area (Å²) in [7, 11) is 0.0986. The van der Waals surface area contributed by atoms with Crippen LogP contribution in [0.4, 0.5) is 4.39 Å². The Kier molecular flexibility index (Phi) is 6.69. The van der Waals surface area contributed by atoms with Crippen LogP contribution in [-0.4, -0.2) is 39.9 Å². The van der Waals surface area contributed by atoms with Crippen LogP contribution in [0, 0.1) is 5.82 Å². The maximum absolute atomic E-state index is 13.5. The van der Waals surface area contributed by atoms with Crippen molar-refractivity contribution in [2.45, 2.75) is 16.7 Å². The van der Waals surface area contributed by atoms with E-state index in [0.29, 0.717) is 0 Å². The molecule has 1 heterocycles. The molecular formula is C22H23FN2O4S. The van der Waals surface area contributed by atoms with Crippen molar-refractivity contribution >= 4 is 15.7 Å². The van der Waals surface area contributed by atoms with Crippen molar-refractivity contribution in [3.8, 4) is 0 Å². The number of amides is 1. The second-order valence-electron chi connectivity index (χ2n) is 7.08. The molecule has 0 unspecified atom stereocenters. The number of carbonyl (C=O) groups is 1. The fourth-order valence-corrected chi connectivity index (χ4v) is 4.33. The van der Waals surface area contributed by atoms with Gasteiger partial charge in [-0.15, -0.1) is 0 Å². The van der Waals surface area contributed by atoms with Crippen molar-refractivity contribution in [2.75, 3.05) is 20.6 Å². The Morgan fingerprint density at radius 2 is 1.80 bits per heavy atom. The minimum atomic E-state index is -3.57. The van der Waals surface area contributed by atoms with Gasteiger partial charge in [-0.25, -0.2) is 12.8 Å². The van der Waals surface area contributed by atoms with Crippen LogP contribution in [0.3, 0.4) is 0 Å². The van der Waals surface area contributed by atoms with Crippen LogP contribution in [0.5, 0.6) is 0 Å². The monoisotopic (exact) mass is 430 g/mol. The molecule has 6 nitrogen and oxygen atoms in total. The lowest BCUT2D eigenvalue weighted by Gasteiger charge is -2.25. The van der Waals surface area contributed by atoms with E-state index < -0.39 is 15.7 Å². The Morgan fingerprint density at radius 3 is 2.47 bits per heavy atom. The van der Waals surface area contributed by atoms with Crippen LogP contribution < -0.4 is 5.32 Å². The Bertz CT molecular complexity index is 1110. The SMILES string of the molecule is CN(C)[C@@H](CNC(=O)c1ccc(CS(=O)(=O)c2ccccc2)o1)c1cccc(F)c1. The largest absolute Gasteiger partial charge is 0.455 e. The molecule has 0 aliphatic carbocycles. The highest BCUT2D eigenvalue weighted by Crippen LogP contribution is 2.20. The van der Waals surface area contributed by atoms with Crippen LogP contribution in [0.1, 0.15) is 27.9 Å². The van der Waals surface area contributed by atoms with Gasteiger partial charge in [0.05, 0.1) is 10.9 Å². The predicted molar refractivity (Wildman–Crippen MR) is 111 cm³/mol. The van der Waals surface area contributed by atoms with Gasteiger partial charge >= 0.3 is 0 Å². The van der Waals surface area contributed by atoms with Crippen LogP contribution in [-0.2, 0) is 15.6 Å². The molecule has 0 aliphatic heterocycles. The molecule has 1 atom stereocenters. The second kappa shape index (κ2) is 9.23. The Labute approximate surface area is 175 Å². The highest BCUT2D eigenvalue weighted by atomic mass is 32.2. The molecule has 8 heteroatoms. The normalized spacial score (nSPS) is 12.7. The molecule has 158 valence electrons. The molecule has 1 aromatic heterocycles. The highest BCUT2D eigenvalue weighted by molar-refractivity contribution is 7.90. The maximum Gasteiger partial charge on any atom is 0.287 e. The first-order valence-corrected chi connectivity index (χ1v) is 11.0. The Balaban J connectivity index is 1.66. The number of likely N-dealkylation sites (N-methyl/N-ethyl adjacent to an activating group) is 1. The molecule has 30 heavy (non-hydrogen) atoms. The molecular weight excluding hydrogens is 407 g/mol. The van der Waals surface area contributed by atoms with E-state index in [1.54, 1.807) is 30.3 Å². The number of sulfone groups is 1. The number of hydrogen-bond acceptors (Lipinski definition) is 5. The van der Waals surface area contributed by atoms with Gasteiger partial charge < -0.3 is 14.6 Å². The molecule has 2 aromatic carbocycles. The zero-order valence-corrected chi connectivity index (χ0v) is 17.5. The van der Waals surface area contributed by atoms with Crippen molar-refractivity contribution in [1.29, 1.82) is 0 Å². The van der Waals surface area contributed by atoms with Crippen molar-refractivity contribution in [3.05, 3.63) is 89.6 Å². The number of rotatable bonds is 8. The fourth-order valence-electron chi connectivity index (χ4n) is 3.06. The number of carbonyl (C=O) groups excluding carboxylic acids is 1. The Hall–Kier alpha value is -2.97. The number of hydrogen-bond donors (Lipinski definition) is 1. The summed E-state index contributed by atoms with van der Waals surface area (Å²) in [6.45, 7) is 0.230. The molecule has 0 spiro atoms. The average molecular weight is 431 g/mol. The third-order valence-corrected chi connectivity index (χ3v) is 6.29. The van der Waals surface area contributed by atoms with Gasteiger partial charge in [0.1, 0.15) is 17.3 Å². The Morgan fingerprint density at radius 1 is 1.07 bits per heavy atom. The van der Waals surface area contributed by atoms with Gasteiger partial charge in [-0.3, -0.25) is 4.79 Å². The van der Waals surface area contributed by atoms with Crippen molar-refractivity contribution < 1.29 is 22.0 Å². The van der Waals surface area contributed by atoms with E-state index in [2.05, 4.69) is 5.32 Å². The summed E-state index contributed by atoms with van der Waals surface area (Å²) in [5.41, 5.74) is 0.731. The molecule has 1 amide bonds. The van der Waals surface area contributed by atoms with Gasteiger partial charge in [0, 0.05) is 6.54 Å². The molecule has 3 rings (SSSR count). The summed E-state index contributed by atoms with van der Waals surface area (Å²) < 4.78 is 43.9. The smallest absolute Gasteiger partial charge is 0.287 e. The highest BCUT2D eigenvalue weighted by Gasteiger charge is 2.21. The molecule has 0 aliphatic rings. The van der Waals surface area contributed by atoms with E-state index in [-0.39, 0.29) is 40.6 Å². The second-order valence-corrected chi connectivity index (χ2v) is 9.07. The summed E-state index contributed by atoms with van der Waals surface area (Å²) in [6.07, 6.45) is 0. The molecule has 0 saturated carbocycles. The maximum atomic E-state index is 13.5. The van der Waals surface area contributed by atoms with Crippen molar-refractivity contribution in [3.63, 3.8) is 0 Å². The number of furan rings is 1. The lowest BCUT2D eigenvalue weighted by molar-refractivity contribution is 0.0912. The minimum absolute atomic E-state index is 0.0185. The van der Waals surface area contributed by atoms with E-state index in [1.165, 1.54) is 36.4 Å². The first-order valence-electron chi connectivity index (χ1n) is 9.33. The van der Waals surface area contributed by atoms with Crippen molar-refractivity contribution in [1.82, 2.24) is 10.2 Å². The molecule has 1 N–H and O–H groups in total. The van der Waals surface area contributed by atoms with Crippen LogP contribution in [0.2, 0.25) is 0 Å². The van der Waals surface area contributed by atoms with Gasteiger partial charge in [-0.05, 0) is 56.1 Å². The van der Waals surface area contributed by atoms with E-state index in [1.807, 2.05) is 19.0 Å². The number of halogens is 1. The van der Waals surface area contributed by atoms with E-state index in [0.717, 1.165) is 5.56 Å². The van der Waals surface area contributed by atoms with Gasteiger partial charge in [-0.2, -0.15) is 0 Å².